The molecule has 0 aromatic heterocycles. The Hall–Kier alpha value is -2.57. The summed E-state index contributed by atoms with van der Waals surface area (Å²) in [6.45, 7) is 2.08. The minimum absolute atomic E-state index is 0. The van der Waals surface area contributed by atoms with Crippen LogP contribution in [-0.4, -0.2) is 39.2 Å². The molecule has 3 rings (SSSR count). The number of ether oxygens (including phenoxy) is 2. The number of hydrogen-bond acceptors (Lipinski definition) is 5. The highest BCUT2D eigenvalue weighted by Gasteiger charge is 2.17. The number of anilines is 1. The Labute approximate surface area is 171 Å². The number of hydrogen-bond donors (Lipinski definition) is 2. The van der Waals surface area contributed by atoms with Crippen LogP contribution >= 0.6 is 12.4 Å². The molecular weight excluding hydrogens is 380 g/mol. The molecule has 1 aliphatic rings. The number of nitrogens with one attached hydrogen (secondary N) is 2. The standard InChI is InChI=1S/C21H24N2O4.ClH/c1-26-19-7-6-17(21(25)27-2)12-18(19)23-20(24)16-5-3-4-14(11-16)10-15-8-9-22-13-15;/h3-7,11-12,15,22H,8-10,13H2,1-2H3,(H,23,24);1H. The van der Waals surface area contributed by atoms with E-state index in [1.807, 2.05) is 18.2 Å². The van der Waals surface area contributed by atoms with Gasteiger partial charge in [0.25, 0.3) is 5.91 Å². The number of methoxy groups -OCH3 is 2. The summed E-state index contributed by atoms with van der Waals surface area (Å²) in [5, 5.41) is 6.20. The fourth-order valence-corrected chi connectivity index (χ4v) is 3.31. The van der Waals surface area contributed by atoms with Crippen LogP contribution in [0.2, 0.25) is 0 Å². The monoisotopic (exact) mass is 404 g/mol. The maximum Gasteiger partial charge on any atom is 0.337 e. The van der Waals surface area contributed by atoms with Crippen molar-refractivity contribution in [2.45, 2.75) is 12.8 Å². The second-order valence-electron chi connectivity index (χ2n) is 6.62. The summed E-state index contributed by atoms with van der Waals surface area (Å²) >= 11 is 0. The van der Waals surface area contributed by atoms with Crippen molar-refractivity contribution in [3.05, 3.63) is 59.2 Å². The van der Waals surface area contributed by atoms with Gasteiger partial charge < -0.3 is 20.1 Å². The summed E-state index contributed by atoms with van der Waals surface area (Å²) < 4.78 is 10.0. The molecule has 1 amide bonds. The predicted molar refractivity (Wildman–Crippen MR) is 111 cm³/mol. The zero-order valence-electron chi connectivity index (χ0n) is 16.0. The molecule has 0 aliphatic carbocycles. The van der Waals surface area contributed by atoms with Crippen molar-refractivity contribution in [1.29, 1.82) is 0 Å². The zero-order chi connectivity index (χ0) is 19.2. The van der Waals surface area contributed by atoms with Crippen LogP contribution in [0.4, 0.5) is 5.69 Å². The molecule has 1 fully saturated rings. The summed E-state index contributed by atoms with van der Waals surface area (Å²) in [6, 6.07) is 12.4. The predicted octanol–water partition coefficient (Wildman–Crippen LogP) is 3.31. The molecular formula is C21H25ClN2O4. The van der Waals surface area contributed by atoms with Crippen LogP contribution < -0.4 is 15.4 Å². The molecule has 1 unspecified atom stereocenters. The number of esters is 1. The van der Waals surface area contributed by atoms with Crippen molar-refractivity contribution < 1.29 is 19.1 Å². The van der Waals surface area contributed by atoms with Gasteiger partial charge in [0, 0.05) is 5.56 Å². The number of amides is 1. The fraction of sp³-hybridized carbons (Fsp3) is 0.333. The molecule has 0 bridgehead atoms. The first-order chi connectivity index (χ1) is 13.1. The third-order valence-electron chi connectivity index (χ3n) is 4.74. The molecule has 7 heteroatoms. The maximum absolute atomic E-state index is 12.7. The van der Waals surface area contributed by atoms with E-state index in [0.717, 1.165) is 31.5 Å². The van der Waals surface area contributed by atoms with Crippen molar-refractivity contribution in [2.75, 3.05) is 32.6 Å². The minimum Gasteiger partial charge on any atom is -0.495 e. The molecule has 1 aliphatic heterocycles. The number of rotatable bonds is 6. The smallest absolute Gasteiger partial charge is 0.337 e. The molecule has 1 saturated heterocycles. The van der Waals surface area contributed by atoms with Crippen LogP contribution in [-0.2, 0) is 11.2 Å². The van der Waals surface area contributed by atoms with Crippen LogP contribution in [0.5, 0.6) is 5.75 Å². The highest BCUT2D eigenvalue weighted by atomic mass is 35.5. The number of halogens is 1. The van der Waals surface area contributed by atoms with Gasteiger partial charge in [0.05, 0.1) is 25.5 Å². The van der Waals surface area contributed by atoms with Crippen molar-refractivity contribution in [3.8, 4) is 5.75 Å². The topological polar surface area (TPSA) is 76.7 Å². The van der Waals surface area contributed by atoms with E-state index >= 15 is 0 Å². The number of carbonyl (C=O) groups excluding carboxylic acids is 2. The van der Waals surface area contributed by atoms with E-state index in [1.165, 1.54) is 14.2 Å². The van der Waals surface area contributed by atoms with Gasteiger partial charge in [0.1, 0.15) is 5.75 Å². The molecule has 1 atom stereocenters. The van der Waals surface area contributed by atoms with E-state index in [0.29, 0.717) is 28.5 Å². The number of benzene rings is 2. The van der Waals surface area contributed by atoms with E-state index in [2.05, 4.69) is 10.6 Å². The van der Waals surface area contributed by atoms with Crippen LogP contribution in [0.25, 0.3) is 0 Å². The van der Waals surface area contributed by atoms with Gasteiger partial charge in [0.15, 0.2) is 0 Å². The second kappa shape index (κ2) is 10.1. The lowest BCUT2D eigenvalue weighted by Gasteiger charge is -2.13. The van der Waals surface area contributed by atoms with Gasteiger partial charge in [-0.3, -0.25) is 4.79 Å². The molecule has 0 saturated carbocycles. The van der Waals surface area contributed by atoms with E-state index in [1.54, 1.807) is 24.3 Å². The molecule has 1 heterocycles. The van der Waals surface area contributed by atoms with Crippen molar-refractivity contribution in [1.82, 2.24) is 5.32 Å². The van der Waals surface area contributed by atoms with Crippen LogP contribution in [0.3, 0.4) is 0 Å². The van der Waals surface area contributed by atoms with Gasteiger partial charge in [-0.1, -0.05) is 12.1 Å². The Kier molecular flexibility index (Phi) is 7.84. The first-order valence-corrected chi connectivity index (χ1v) is 8.98. The summed E-state index contributed by atoms with van der Waals surface area (Å²) in [6.07, 6.45) is 2.11. The molecule has 2 aromatic carbocycles. The summed E-state index contributed by atoms with van der Waals surface area (Å²) in [7, 11) is 2.83. The Balaban J connectivity index is 0.00000280. The lowest BCUT2D eigenvalue weighted by molar-refractivity contribution is 0.0600. The highest BCUT2D eigenvalue weighted by Crippen LogP contribution is 2.26. The Morgan fingerprint density at radius 2 is 1.96 bits per heavy atom. The van der Waals surface area contributed by atoms with E-state index < -0.39 is 5.97 Å². The van der Waals surface area contributed by atoms with E-state index in [4.69, 9.17) is 9.47 Å². The van der Waals surface area contributed by atoms with Crippen LogP contribution in [0, 0.1) is 5.92 Å². The molecule has 0 radical (unpaired) electrons. The summed E-state index contributed by atoms with van der Waals surface area (Å²) in [4.78, 5) is 24.5. The summed E-state index contributed by atoms with van der Waals surface area (Å²) in [5.74, 6) is 0.367. The fourth-order valence-electron chi connectivity index (χ4n) is 3.31. The van der Waals surface area contributed by atoms with Crippen molar-refractivity contribution >= 4 is 30.0 Å². The Morgan fingerprint density at radius 3 is 2.64 bits per heavy atom. The summed E-state index contributed by atoms with van der Waals surface area (Å²) in [5.41, 5.74) is 2.49. The Bertz CT molecular complexity index is 835. The molecule has 6 nitrogen and oxygen atoms in total. The lowest BCUT2D eigenvalue weighted by atomic mass is 9.97. The number of carbonyl (C=O) groups is 2. The van der Waals surface area contributed by atoms with E-state index in [-0.39, 0.29) is 18.3 Å². The second-order valence-corrected chi connectivity index (χ2v) is 6.62. The van der Waals surface area contributed by atoms with Gasteiger partial charge in [-0.2, -0.15) is 0 Å². The SMILES string of the molecule is COC(=O)c1ccc(OC)c(NC(=O)c2cccc(CC3CCNC3)c2)c1.Cl. The molecule has 2 aromatic rings. The van der Waals surface area contributed by atoms with Crippen LogP contribution in [0.15, 0.2) is 42.5 Å². The molecule has 150 valence electrons. The largest absolute Gasteiger partial charge is 0.495 e. The molecule has 28 heavy (non-hydrogen) atoms. The van der Waals surface area contributed by atoms with Gasteiger partial charge in [0.2, 0.25) is 0 Å². The average Bonchev–Trinajstić information content (AvgIpc) is 3.20. The van der Waals surface area contributed by atoms with Gasteiger partial charge in [-0.15, -0.1) is 12.4 Å². The highest BCUT2D eigenvalue weighted by molar-refractivity contribution is 6.05. The average molecular weight is 405 g/mol. The van der Waals surface area contributed by atoms with E-state index in [9.17, 15) is 9.59 Å². The van der Waals surface area contributed by atoms with Gasteiger partial charge >= 0.3 is 5.97 Å². The normalized spacial score (nSPS) is 15.4. The first kappa shape index (κ1) is 21.7. The quantitative estimate of drug-likeness (QED) is 0.722. The lowest BCUT2D eigenvalue weighted by Crippen LogP contribution is -2.14. The third kappa shape index (κ3) is 5.24. The maximum atomic E-state index is 12.7. The zero-order valence-corrected chi connectivity index (χ0v) is 16.8. The van der Waals surface area contributed by atoms with Crippen molar-refractivity contribution in [3.63, 3.8) is 0 Å². The molecule has 0 spiro atoms. The Morgan fingerprint density at radius 1 is 1.14 bits per heavy atom. The third-order valence-corrected chi connectivity index (χ3v) is 4.74. The van der Waals surface area contributed by atoms with Gasteiger partial charge in [-0.25, -0.2) is 4.79 Å². The minimum atomic E-state index is -0.472. The van der Waals surface area contributed by atoms with Crippen LogP contribution in [0.1, 0.15) is 32.7 Å². The van der Waals surface area contributed by atoms with Gasteiger partial charge in [-0.05, 0) is 67.7 Å². The van der Waals surface area contributed by atoms with Crippen molar-refractivity contribution in [2.24, 2.45) is 5.92 Å². The molecule has 2 N–H and O–H groups in total. The first-order valence-electron chi connectivity index (χ1n) is 8.98.